The number of aryl methyl sites for hydroxylation is 2. The molecule has 1 amide bonds. The molecule has 1 heterocycles. The fraction of sp³-hybridized carbons (Fsp3) is 0.267. The van der Waals surface area contributed by atoms with Gasteiger partial charge in [0.1, 0.15) is 0 Å². The lowest BCUT2D eigenvalue weighted by molar-refractivity contribution is 0.0953. The van der Waals surface area contributed by atoms with Crippen LogP contribution in [0.3, 0.4) is 0 Å². The number of sulfonamides is 1. The molecule has 118 valence electrons. The van der Waals surface area contributed by atoms with Crippen LogP contribution in [0.4, 0.5) is 0 Å². The zero-order valence-corrected chi connectivity index (χ0v) is 13.3. The smallest absolute Gasteiger partial charge is 0.253 e. The van der Waals surface area contributed by atoms with Crippen molar-refractivity contribution in [3.63, 3.8) is 0 Å². The molecular weight excluding hydrogens is 302 g/mol. The first-order valence-electron chi connectivity index (χ1n) is 6.83. The second-order valence-corrected chi connectivity index (χ2v) is 6.75. The molecule has 2 aromatic rings. The van der Waals surface area contributed by atoms with Gasteiger partial charge in [0.2, 0.25) is 10.0 Å². The molecule has 0 aliphatic heterocycles. The number of aromatic amines is 1. The van der Waals surface area contributed by atoms with Gasteiger partial charge >= 0.3 is 0 Å². The van der Waals surface area contributed by atoms with Crippen LogP contribution in [0, 0.1) is 13.8 Å². The molecule has 4 N–H and O–H groups in total. The number of benzene rings is 1. The summed E-state index contributed by atoms with van der Waals surface area (Å²) >= 11 is 0. The van der Waals surface area contributed by atoms with Crippen LogP contribution in [0.15, 0.2) is 35.2 Å². The Kier molecular flexibility index (Phi) is 4.68. The highest BCUT2D eigenvalue weighted by Gasteiger charge is 2.11. The lowest BCUT2D eigenvalue weighted by Gasteiger charge is -2.06. The summed E-state index contributed by atoms with van der Waals surface area (Å²) in [5.41, 5.74) is 3.35. The summed E-state index contributed by atoms with van der Waals surface area (Å²) in [6.07, 6.45) is 0.610. The standard InChI is InChI=1S/C15H19N3O3S/c1-10-9-14(11(2)18-10)15(19)17-8-7-12-3-5-13(6-4-12)22(16,20)21/h3-6,9,18H,7-8H2,1-2H3,(H,17,19)(H2,16,20,21). The van der Waals surface area contributed by atoms with E-state index >= 15 is 0 Å². The predicted octanol–water partition coefficient (Wildman–Crippen LogP) is 1.25. The molecular formula is C15H19N3O3S. The summed E-state index contributed by atoms with van der Waals surface area (Å²) < 4.78 is 22.3. The van der Waals surface area contributed by atoms with E-state index in [2.05, 4.69) is 10.3 Å². The highest BCUT2D eigenvalue weighted by molar-refractivity contribution is 7.89. The number of aromatic nitrogens is 1. The maximum absolute atomic E-state index is 12.0. The van der Waals surface area contributed by atoms with E-state index in [0.29, 0.717) is 18.5 Å². The number of primary sulfonamides is 1. The van der Waals surface area contributed by atoms with Gasteiger partial charge in [-0.05, 0) is 44.0 Å². The molecule has 7 heteroatoms. The largest absolute Gasteiger partial charge is 0.362 e. The minimum absolute atomic E-state index is 0.0821. The Balaban J connectivity index is 1.91. The van der Waals surface area contributed by atoms with Crippen molar-refractivity contribution in [3.05, 3.63) is 52.8 Å². The molecule has 0 aliphatic carbocycles. The summed E-state index contributed by atoms with van der Waals surface area (Å²) in [4.78, 5) is 15.2. The summed E-state index contributed by atoms with van der Waals surface area (Å²) in [5.74, 6) is -0.122. The maximum Gasteiger partial charge on any atom is 0.253 e. The molecule has 0 radical (unpaired) electrons. The topological polar surface area (TPSA) is 105 Å². The molecule has 1 aromatic carbocycles. The molecule has 0 fully saturated rings. The average molecular weight is 321 g/mol. The van der Waals surface area contributed by atoms with Crippen LogP contribution >= 0.6 is 0 Å². The van der Waals surface area contributed by atoms with Gasteiger partial charge in [-0.25, -0.2) is 13.6 Å². The molecule has 2 rings (SSSR count). The Hall–Kier alpha value is -2.12. The molecule has 0 atom stereocenters. The highest BCUT2D eigenvalue weighted by Crippen LogP contribution is 2.10. The van der Waals surface area contributed by atoms with Gasteiger partial charge in [-0.2, -0.15) is 0 Å². The number of rotatable bonds is 5. The van der Waals surface area contributed by atoms with E-state index < -0.39 is 10.0 Å². The number of nitrogens with one attached hydrogen (secondary N) is 2. The lowest BCUT2D eigenvalue weighted by atomic mass is 10.1. The zero-order valence-electron chi connectivity index (χ0n) is 12.5. The van der Waals surface area contributed by atoms with Crippen molar-refractivity contribution in [2.75, 3.05) is 6.54 Å². The lowest BCUT2D eigenvalue weighted by Crippen LogP contribution is -2.25. The molecule has 6 nitrogen and oxygen atoms in total. The van der Waals surface area contributed by atoms with Crippen molar-refractivity contribution in [2.45, 2.75) is 25.2 Å². The van der Waals surface area contributed by atoms with Gasteiger partial charge in [0.25, 0.3) is 5.91 Å². The maximum atomic E-state index is 12.0. The Labute approximate surface area is 129 Å². The minimum atomic E-state index is -3.67. The Morgan fingerprint density at radius 1 is 1.23 bits per heavy atom. The first kappa shape index (κ1) is 16.3. The van der Waals surface area contributed by atoms with Crippen LogP contribution in [-0.4, -0.2) is 25.9 Å². The Bertz CT molecular complexity index is 777. The molecule has 0 saturated carbocycles. The first-order chi connectivity index (χ1) is 10.3. The summed E-state index contributed by atoms with van der Waals surface area (Å²) in [7, 11) is -3.67. The van der Waals surface area contributed by atoms with Crippen molar-refractivity contribution >= 4 is 15.9 Å². The monoisotopic (exact) mass is 321 g/mol. The van der Waals surface area contributed by atoms with Gasteiger partial charge in [-0.15, -0.1) is 0 Å². The zero-order chi connectivity index (χ0) is 16.3. The van der Waals surface area contributed by atoms with Gasteiger partial charge in [-0.1, -0.05) is 12.1 Å². The van der Waals surface area contributed by atoms with Gasteiger partial charge < -0.3 is 10.3 Å². The van der Waals surface area contributed by atoms with Crippen LogP contribution in [0.2, 0.25) is 0 Å². The quantitative estimate of drug-likeness (QED) is 0.771. The van der Waals surface area contributed by atoms with Crippen LogP contribution in [0.5, 0.6) is 0 Å². The van der Waals surface area contributed by atoms with Gasteiger partial charge in [-0.3, -0.25) is 4.79 Å². The number of H-pyrrole nitrogens is 1. The predicted molar refractivity (Wildman–Crippen MR) is 84.1 cm³/mol. The molecule has 0 unspecified atom stereocenters. The van der Waals surface area contributed by atoms with E-state index in [1.54, 1.807) is 12.1 Å². The molecule has 0 spiro atoms. The number of carbonyl (C=O) groups is 1. The van der Waals surface area contributed by atoms with E-state index in [9.17, 15) is 13.2 Å². The Morgan fingerprint density at radius 3 is 2.36 bits per heavy atom. The van der Waals surface area contributed by atoms with Gasteiger partial charge in [0.15, 0.2) is 0 Å². The number of amides is 1. The number of carbonyl (C=O) groups excluding carboxylic acids is 1. The molecule has 0 saturated heterocycles. The van der Waals surface area contributed by atoms with Crippen molar-refractivity contribution < 1.29 is 13.2 Å². The van der Waals surface area contributed by atoms with Crippen molar-refractivity contribution in [2.24, 2.45) is 5.14 Å². The highest BCUT2D eigenvalue weighted by atomic mass is 32.2. The van der Waals surface area contributed by atoms with Crippen molar-refractivity contribution in [1.82, 2.24) is 10.3 Å². The third-order valence-corrected chi connectivity index (χ3v) is 4.27. The fourth-order valence-corrected chi connectivity index (χ4v) is 2.74. The van der Waals surface area contributed by atoms with E-state index in [4.69, 9.17) is 5.14 Å². The van der Waals surface area contributed by atoms with Crippen LogP contribution < -0.4 is 10.5 Å². The van der Waals surface area contributed by atoms with E-state index in [1.807, 2.05) is 19.9 Å². The second-order valence-electron chi connectivity index (χ2n) is 5.19. The Morgan fingerprint density at radius 2 is 1.86 bits per heavy atom. The number of hydrogen-bond donors (Lipinski definition) is 3. The number of nitrogens with two attached hydrogens (primary N) is 1. The summed E-state index contributed by atoms with van der Waals surface area (Å²) in [5, 5.41) is 7.88. The van der Waals surface area contributed by atoms with Gasteiger partial charge in [0.05, 0.1) is 10.5 Å². The van der Waals surface area contributed by atoms with E-state index in [-0.39, 0.29) is 10.8 Å². The van der Waals surface area contributed by atoms with Crippen LogP contribution in [-0.2, 0) is 16.4 Å². The third-order valence-electron chi connectivity index (χ3n) is 3.35. The van der Waals surface area contributed by atoms with Crippen molar-refractivity contribution in [3.8, 4) is 0 Å². The number of hydrogen-bond acceptors (Lipinski definition) is 3. The fourth-order valence-electron chi connectivity index (χ4n) is 2.22. The molecule has 0 bridgehead atoms. The summed E-state index contributed by atoms with van der Waals surface area (Å²) in [6.45, 7) is 4.22. The van der Waals surface area contributed by atoms with E-state index in [1.165, 1.54) is 12.1 Å². The molecule has 22 heavy (non-hydrogen) atoms. The second kappa shape index (κ2) is 6.33. The van der Waals surface area contributed by atoms with E-state index in [0.717, 1.165) is 17.0 Å². The van der Waals surface area contributed by atoms with Crippen molar-refractivity contribution in [1.29, 1.82) is 0 Å². The SMILES string of the molecule is Cc1cc(C(=O)NCCc2ccc(S(N)(=O)=O)cc2)c(C)[nH]1. The normalized spacial score (nSPS) is 11.4. The third kappa shape index (κ3) is 3.96. The minimum Gasteiger partial charge on any atom is -0.362 e. The van der Waals surface area contributed by atoms with Crippen LogP contribution in [0.1, 0.15) is 27.3 Å². The molecule has 0 aliphatic rings. The molecule has 1 aromatic heterocycles. The summed E-state index contributed by atoms with van der Waals surface area (Å²) in [6, 6.07) is 8.12. The van der Waals surface area contributed by atoms with Gasteiger partial charge in [0, 0.05) is 17.9 Å². The average Bonchev–Trinajstić information content (AvgIpc) is 2.77. The first-order valence-corrected chi connectivity index (χ1v) is 8.38. The van der Waals surface area contributed by atoms with Crippen LogP contribution in [0.25, 0.3) is 0 Å².